The molecule has 2 N–H and O–H groups in total. The van der Waals surface area contributed by atoms with Crippen molar-refractivity contribution in [3.05, 3.63) is 59.2 Å². The first-order valence-corrected chi connectivity index (χ1v) is 18.1. The minimum atomic E-state index is -0.993. The smallest absolute Gasteiger partial charge is 0.261 e. The van der Waals surface area contributed by atoms with E-state index in [9.17, 15) is 24.0 Å². The van der Waals surface area contributed by atoms with Crippen LogP contribution in [0.15, 0.2) is 42.5 Å². The summed E-state index contributed by atoms with van der Waals surface area (Å²) in [5, 5.41) is 5.52. The third-order valence-corrected chi connectivity index (χ3v) is 11.5. The molecule has 4 fully saturated rings. The Morgan fingerprint density at radius 1 is 0.880 bits per heavy atom. The predicted octanol–water partition coefficient (Wildman–Crippen LogP) is 3.99. The highest BCUT2D eigenvalue weighted by Crippen LogP contribution is 2.53. The van der Waals surface area contributed by atoms with Crippen LogP contribution < -0.4 is 20.4 Å². The monoisotopic (exact) mass is 684 g/mol. The molecule has 0 bridgehead atoms. The van der Waals surface area contributed by atoms with Gasteiger partial charge in [0, 0.05) is 80.8 Å². The van der Waals surface area contributed by atoms with Gasteiger partial charge in [0.05, 0.1) is 0 Å². The summed E-state index contributed by atoms with van der Waals surface area (Å²) in [5.74, 6) is -0.912. The second-order valence-corrected chi connectivity index (χ2v) is 16.1. The zero-order chi connectivity index (χ0) is 35.8. The number of piperazine rings is 1. The maximum Gasteiger partial charge on any atom is 0.261 e. The van der Waals surface area contributed by atoms with Gasteiger partial charge in [-0.25, -0.2) is 0 Å². The third kappa shape index (κ3) is 7.43. The van der Waals surface area contributed by atoms with E-state index in [-0.39, 0.29) is 35.6 Å². The van der Waals surface area contributed by atoms with Crippen molar-refractivity contribution in [1.82, 2.24) is 20.4 Å². The number of amides is 5. The van der Waals surface area contributed by atoms with E-state index in [0.717, 1.165) is 81.2 Å². The summed E-state index contributed by atoms with van der Waals surface area (Å²) in [4.78, 5) is 70.5. The molecule has 1 unspecified atom stereocenters. The van der Waals surface area contributed by atoms with E-state index >= 15 is 0 Å². The number of nitrogens with zero attached hydrogens (tertiary/aromatic N) is 4. The third-order valence-electron chi connectivity index (χ3n) is 11.5. The summed E-state index contributed by atoms with van der Waals surface area (Å²) in [6, 6.07) is 13.0. The molecule has 3 heterocycles. The zero-order valence-electron chi connectivity index (χ0n) is 30.2. The first-order valence-electron chi connectivity index (χ1n) is 18.1. The van der Waals surface area contributed by atoms with Gasteiger partial charge in [0.2, 0.25) is 18.2 Å². The maximum absolute atomic E-state index is 13.5. The largest absolute Gasteiger partial charge is 0.372 e. The molecule has 50 heavy (non-hydrogen) atoms. The van der Waals surface area contributed by atoms with Gasteiger partial charge in [-0.2, -0.15) is 0 Å². The van der Waals surface area contributed by atoms with Crippen LogP contribution in [0.3, 0.4) is 0 Å². The van der Waals surface area contributed by atoms with Crippen molar-refractivity contribution in [2.24, 2.45) is 16.7 Å². The first kappa shape index (κ1) is 35.6. The highest BCUT2D eigenvalue weighted by molar-refractivity contribution is 6.08. The topological polar surface area (TPSA) is 122 Å². The number of rotatable bonds is 9. The molecule has 11 nitrogen and oxygen atoms in total. The van der Waals surface area contributed by atoms with Gasteiger partial charge < -0.3 is 15.1 Å². The average molecular weight is 685 g/mol. The Morgan fingerprint density at radius 3 is 2.10 bits per heavy atom. The summed E-state index contributed by atoms with van der Waals surface area (Å²) in [6.07, 6.45) is 3.96. The van der Waals surface area contributed by atoms with Gasteiger partial charge in [0.15, 0.2) is 0 Å². The molecule has 1 atom stereocenters. The van der Waals surface area contributed by atoms with E-state index < -0.39 is 23.8 Å². The molecule has 3 aliphatic heterocycles. The lowest BCUT2D eigenvalue weighted by Crippen LogP contribution is -2.63. The van der Waals surface area contributed by atoms with Crippen LogP contribution in [-0.2, 0) is 14.4 Å². The number of carbonyl (C=O) groups is 5. The van der Waals surface area contributed by atoms with Gasteiger partial charge in [-0.15, -0.1) is 0 Å². The quantitative estimate of drug-likeness (QED) is 0.301. The Hall–Kier alpha value is -4.25. The number of anilines is 2. The number of nitrogens with one attached hydrogen (secondary N) is 2. The van der Waals surface area contributed by atoms with E-state index in [0.29, 0.717) is 23.5 Å². The molecular formula is C39H52N6O5. The van der Waals surface area contributed by atoms with Gasteiger partial charge in [-0.3, -0.25) is 39.1 Å². The van der Waals surface area contributed by atoms with Gasteiger partial charge >= 0.3 is 0 Å². The van der Waals surface area contributed by atoms with Crippen LogP contribution in [0, 0.1) is 23.7 Å². The minimum absolute atomic E-state index is 0.00633. The minimum Gasteiger partial charge on any atom is -0.372 e. The Labute approximate surface area is 295 Å². The van der Waals surface area contributed by atoms with Crippen molar-refractivity contribution in [2.75, 3.05) is 55.6 Å². The summed E-state index contributed by atoms with van der Waals surface area (Å²) < 4.78 is 0. The summed E-state index contributed by atoms with van der Waals surface area (Å²) in [6.45, 7) is 17.3. The lowest BCUT2D eigenvalue weighted by Gasteiger charge is -2.57. The molecule has 6 rings (SSSR count). The molecule has 0 radical (unpaired) electrons. The summed E-state index contributed by atoms with van der Waals surface area (Å²) in [5.41, 5.74) is 4.14. The molecule has 11 heteroatoms. The molecule has 1 aliphatic carbocycles. The van der Waals surface area contributed by atoms with Crippen LogP contribution in [0.2, 0.25) is 0 Å². The predicted molar refractivity (Wildman–Crippen MR) is 193 cm³/mol. The molecule has 1 saturated carbocycles. The highest BCUT2D eigenvalue weighted by atomic mass is 16.2. The lowest BCUT2D eigenvalue weighted by molar-refractivity contribution is -0.139. The Bertz CT molecular complexity index is 1610. The normalized spacial score (nSPS) is 22.8. The fourth-order valence-corrected chi connectivity index (χ4v) is 9.05. The fourth-order valence-electron chi connectivity index (χ4n) is 9.05. The number of benzene rings is 2. The standard InChI is InChI=1S/C39H52N6O5/c1-26-6-9-30(22-31(26)36(50)45(25-46)32-12-13-33(47)40-35(32)49)44-20-18-42(19-21-44)23-27-14-16-43(17-15-27)29-10-7-28(8-11-29)34(48)41-37-38(2,3)24-39(37,4)5/h6-11,22,25,27,32,37H,12-21,23-24H2,1-5H3,(H,41,48)(H,40,47,49). The van der Waals surface area contributed by atoms with Gasteiger partial charge in [-0.05, 0) is 91.3 Å². The van der Waals surface area contributed by atoms with Crippen LogP contribution in [0.1, 0.15) is 86.1 Å². The highest BCUT2D eigenvalue weighted by Gasteiger charge is 2.53. The lowest BCUT2D eigenvalue weighted by atomic mass is 9.52. The average Bonchev–Trinajstić information content (AvgIpc) is 3.09. The van der Waals surface area contributed by atoms with Gasteiger partial charge in [0.1, 0.15) is 6.04 Å². The molecule has 4 aliphatic rings. The number of hydrogen-bond acceptors (Lipinski definition) is 8. The van der Waals surface area contributed by atoms with Crippen molar-refractivity contribution in [3.63, 3.8) is 0 Å². The van der Waals surface area contributed by atoms with E-state index in [1.807, 2.05) is 37.3 Å². The molecule has 2 aromatic rings. The van der Waals surface area contributed by atoms with Crippen molar-refractivity contribution in [2.45, 2.75) is 78.8 Å². The maximum atomic E-state index is 13.5. The van der Waals surface area contributed by atoms with E-state index in [2.05, 4.69) is 65.2 Å². The molecular weight excluding hydrogens is 632 g/mol. The van der Waals surface area contributed by atoms with E-state index in [4.69, 9.17) is 0 Å². The SMILES string of the molecule is Cc1ccc(N2CCN(CC3CCN(c4ccc(C(=O)NC5C(C)(C)CC5(C)C)cc4)CC3)CC2)cc1C(=O)N(C=O)C1CCC(=O)NC1=O. The second kappa shape index (κ2) is 14.2. The second-order valence-electron chi connectivity index (χ2n) is 16.1. The number of aryl methyl sites for hydroxylation is 1. The Balaban J connectivity index is 0.969. The first-order chi connectivity index (χ1) is 23.8. The van der Waals surface area contributed by atoms with Gasteiger partial charge in [0.25, 0.3) is 11.8 Å². The fraction of sp³-hybridized carbons (Fsp3) is 0.564. The van der Waals surface area contributed by atoms with Gasteiger partial charge in [-0.1, -0.05) is 33.8 Å². The van der Waals surface area contributed by atoms with Crippen LogP contribution >= 0.6 is 0 Å². The van der Waals surface area contributed by atoms with E-state index in [1.54, 1.807) is 0 Å². The van der Waals surface area contributed by atoms with Crippen molar-refractivity contribution in [3.8, 4) is 0 Å². The van der Waals surface area contributed by atoms with Crippen LogP contribution in [-0.4, -0.2) is 97.7 Å². The van der Waals surface area contributed by atoms with Crippen LogP contribution in [0.5, 0.6) is 0 Å². The number of hydrogen-bond donors (Lipinski definition) is 2. The van der Waals surface area contributed by atoms with Crippen LogP contribution in [0.4, 0.5) is 11.4 Å². The van der Waals surface area contributed by atoms with E-state index in [1.165, 1.54) is 5.69 Å². The van der Waals surface area contributed by atoms with Crippen molar-refractivity contribution >= 4 is 41.4 Å². The molecule has 268 valence electrons. The summed E-state index contributed by atoms with van der Waals surface area (Å²) in [7, 11) is 0. The molecule has 5 amide bonds. The van der Waals surface area contributed by atoms with Crippen molar-refractivity contribution < 1.29 is 24.0 Å². The molecule has 0 spiro atoms. The number of piperidine rings is 2. The molecule has 2 aromatic carbocycles. The summed E-state index contributed by atoms with van der Waals surface area (Å²) >= 11 is 0. The number of carbonyl (C=O) groups excluding carboxylic acids is 5. The Morgan fingerprint density at radius 2 is 1.50 bits per heavy atom. The Kier molecular flexibility index (Phi) is 10.1. The van der Waals surface area contributed by atoms with Crippen LogP contribution in [0.25, 0.3) is 0 Å². The zero-order valence-corrected chi connectivity index (χ0v) is 30.2. The number of imide groups is 2. The van der Waals surface area contributed by atoms with Crippen molar-refractivity contribution in [1.29, 1.82) is 0 Å². The molecule has 0 aromatic heterocycles. The molecule has 3 saturated heterocycles.